The molecule has 3 rings (SSSR count). The van der Waals surface area contributed by atoms with Gasteiger partial charge >= 0.3 is 0 Å². The molecular weight excluding hydrogens is 266 g/mol. The minimum Gasteiger partial charge on any atom is -0.207 e. The molecule has 0 aliphatic rings. The normalized spacial score (nSPS) is 10.6. The Balaban J connectivity index is 2.00. The second-order valence-corrected chi connectivity index (χ2v) is 4.94. The summed E-state index contributed by atoms with van der Waals surface area (Å²) in [6.45, 7) is 0. The Labute approximate surface area is 122 Å². The molecule has 0 aromatic heterocycles. The minimum atomic E-state index is -0.549. The topological polar surface area (TPSA) is 0 Å². The molecule has 0 spiro atoms. The van der Waals surface area contributed by atoms with Gasteiger partial charge in [-0.25, -0.2) is 8.78 Å². The highest BCUT2D eigenvalue weighted by atomic mass is 19.1. The number of halogens is 2. The van der Waals surface area contributed by atoms with Crippen molar-refractivity contribution in [3.63, 3.8) is 0 Å². The van der Waals surface area contributed by atoms with E-state index in [9.17, 15) is 8.78 Å². The largest absolute Gasteiger partial charge is 0.207 e. The average molecular weight is 280 g/mol. The van der Waals surface area contributed by atoms with E-state index in [-0.39, 0.29) is 0 Å². The molecule has 0 aliphatic heterocycles. The van der Waals surface area contributed by atoms with Crippen LogP contribution in [0.25, 0.3) is 11.1 Å². The van der Waals surface area contributed by atoms with Gasteiger partial charge in [0.2, 0.25) is 0 Å². The molecular formula is C19H14F2. The molecule has 0 atom stereocenters. The first-order valence-electron chi connectivity index (χ1n) is 6.81. The van der Waals surface area contributed by atoms with E-state index >= 15 is 0 Å². The zero-order valence-corrected chi connectivity index (χ0v) is 11.4. The van der Waals surface area contributed by atoms with Gasteiger partial charge in [0.05, 0.1) is 0 Å². The SMILES string of the molecule is Fc1ccc(Cc2ccccc2-c2ccccc2)c(F)c1. The fraction of sp³-hybridized carbons (Fsp3) is 0.0526. The van der Waals surface area contributed by atoms with Crippen molar-refractivity contribution in [1.29, 1.82) is 0 Å². The molecule has 0 unspecified atom stereocenters. The maximum absolute atomic E-state index is 13.8. The van der Waals surface area contributed by atoms with E-state index in [0.717, 1.165) is 22.8 Å². The predicted octanol–water partition coefficient (Wildman–Crippen LogP) is 5.22. The molecule has 0 heterocycles. The van der Waals surface area contributed by atoms with Crippen molar-refractivity contribution in [2.45, 2.75) is 6.42 Å². The van der Waals surface area contributed by atoms with Crippen molar-refractivity contribution in [3.05, 3.63) is 95.6 Å². The molecule has 0 bridgehead atoms. The van der Waals surface area contributed by atoms with Gasteiger partial charge in [0.25, 0.3) is 0 Å². The van der Waals surface area contributed by atoms with E-state index in [4.69, 9.17) is 0 Å². The molecule has 0 saturated heterocycles. The Hall–Kier alpha value is -2.48. The van der Waals surface area contributed by atoms with Crippen LogP contribution in [0.4, 0.5) is 8.78 Å². The molecule has 2 heteroatoms. The van der Waals surface area contributed by atoms with Gasteiger partial charge in [-0.05, 0) is 28.3 Å². The van der Waals surface area contributed by atoms with Gasteiger partial charge in [0.1, 0.15) is 11.6 Å². The number of hydrogen-bond donors (Lipinski definition) is 0. The van der Waals surface area contributed by atoms with Crippen LogP contribution >= 0.6 is 0 Å². The van der Waals surface area contributed by atoms with Crippen LogP contribution in [0.2, 0.25) is 0 Å². The summed E-state index contributed by atoms with van der Waals surface area (Å²) in [5.41, 5.74) is 3.69. The first-order valence-corrected chi connectivity index (χ1v) is 6.81. The summed E-state index contributed by atoms with van der Waals surface area (Å²) in [5.74, 6) is -1.05. The van der Waals surface area contributed by atoms with Crippen molar-refractivity contribution in [2.75, 3.05) is 0 Å². The molecule has 0 fully saturated rings. The lowest BCUT2D eigenvalue weighted by Gasteiger charge is -2.10. The molecule has 3 aromatic rings. The summed E-state index contributed by atoms with van der Waals surface area (Å²) in [7, 11) is 0. The number of benzene rings is 3. The molecule has 3 aromatic carbocycles. The van der Waals surface area contributed by atoms with Crippen LogP contribution in [0.15, 0.2) is 72.8 Å². The number of rotatable bonds is 3. The van der Waals surface area contributed by atoms with Crippen LogP contribution in [-0.4, -0.2) is 0 Å². The Kier molecular flexibility index (Phi) is 3.78. The lowest BCUT2D eigenvalue weighted by molar-refractivity contribution is 0.574. The van der Waals surface area contributed by atoms with E-state index in [0.29, 0.717) is 12.0 Å². The summed E-state index contributed by atoms with van der Waals surface area (Å²) in [6.07, 6.45) is 0.442. The van der Waals surface area contributed by atoms with Gasteiger partial charge in [-0.1, -0.05) is 60.7 Å². The Morgan fingerprint density at radius 1 is 0.667 bits per heavy atom. The maximum atomic E-state index is 13.8. The third kappa shape index (κ3) is 3.00. The first kappa shape index (κ1) is 13.5. The molecule has 104 valence electrons. The van der Waals surface area contributed by atoms with Gasteiger partial charge in [-0.3, -0.25) is 0 Å². The van der Waals surface area contributed by atoms with Crippen molar-refractivity contribution < 1.29 is 8.78 Å². The minimum absolute atomic E-state index is 0.442. The molecule has 0 amide bonds. The van der Waals surface area contributed by atoms with Crippen molar-refractivity contribution in [2.24, 2.45) is 0 Å². The van der Waals surface area contributed by atoms with Gasteiger partial charge in [0, 0.05) is 12.5 Å². The highest BCUT2D eigenvalue weighted by molar-refractivity contribution is 5.67. The molecule has 0 aliphatic carbocycles. The summed E-state index contributed by atoms with van der Waals surface area (Å²) in [4.78, 5) is 0. The van der Waals surface area contributed by atoms with Gasteiger partial charge in [0.15, 0.2) is 0 Å². The van der Waals surface area contributed by atoms with Crippen LogP contribution in [-0.2, 0) is 6.42 Å². The van der Waals surface area contributed by atoms with Crippen LogP contribution < -0.4 is 0 Å². The summed E-state index contributed by atoms with van der Waals surface area (Å²) >= 11 is 0. The van der Waals surface area contributed by atoms with Crippen molar-refractivity contribution >= 4 is 0 Å². The van der Waals surface area contributed by atoms with Crippen LogP contribution in [0, 0.1) is 11.6 Å². The van der Waals surface area contributed by atoms with Crippen LogP contribution in [0.1, 0.15) is 11.1 Å². The molecule has 0 saturated carbocycles. The monoisotopic (exact) mass is 280 g/mol. The maximum Gasteiger partial charge on any atom is 0.129 e. The van der Waals surface area contributed by atoms with Gasteiger partial charge < -0.3 is 0 Å². The first-order chi connectivity index (χ1) is 10.2. The van der Waals surface area contributed by atoms with E-state index in [2.05, 4.69) is 0 Å². The summed E-state index contributed by atoms with van der Waals surface area (Å²) in [5, 5.41) is 0. The lowest BCUT2D eigenvalue weighted by atomic mass is 9.95. The Morgan fingerprint density at radius 2 is 1.38 bits per heavy atom. The molecule has 0 radical (unpaired) electrons. The molecule has 21 heavy (non-hydrogen) atoms. The third-order valence-corrected chi connectivity index (χ3v) is 3.50. The quantitative estimate of drug-likeness (QED) is 0.617. The average Bonchev–Trinajstić information content (AvgIpc) is 2.51. The Bertz CT molecular complexity index is 749. The van der Waals surface area contributed by atoms with E-state index in [1.807, 2.05) is 54.6 Å². The Morgan fingerprint density at radius 3 is 2.14 bits per heavy atom. The fourth-order valence-electron chi connectivity index (χ4n) is 2.44. The zero-order valence-electron chi connectivity index (χ0n) is 11.4. The van der Waals surface area contributed by atoms with E-state index in [1.54, 1.807) is 0 Å². The zero-order chi connectivity index (χ0) is 14.7. The third-order valence-electron chi connectivity index (χ3n) is 3.50. The van der Waals surface area contributed by atoms with E-state index in [1.165, 1.54) is 12.1 Å². The second kappa shape index (κ2) is 5.88. The molecule has 0 N–H and O–H groups in total. The fourth-order valence-corrected chi connectivity index (χ4v) is 2.44. The van der Waals surface area contributed by atoms with Gasteiger partial charge in [-0.15, -0.1) is 0 Å². The van der Waals surface area contributed by atoms with E-state index < -0.39 is 11.6 Å². The molecule has 0 nitrogen and oxygen atoms in total. The smallest absolute Gasteiger partial charge is 0.129 e. The summed E-state index contributed by atoms with van der Waals surface area (Å²) in [6, 6.07) is 21.6. The number of hydrogen-bond acceptors (Lipinski definition) is 0. The highest BCUT2D eigenvalue weighted by Crippen LogP contribution is 2.26. The standard InChI is InChI=1S/C19H14F2/c20-17-11-10-16(19(21)13-17)12-15-8-4-5-9-18(15)14-6-2-1-3-7-14/h1-11,13H,12H2. The second-order valence-electron chi connectivity index (χ2n) is 4.94. The highest BCUT2D eigenvalue weighted by Gasteiger charge is 2.09. The van der Waals surface area contributed by atoms with Crippen LogP contribution in [0.5, 0.6) is 0 Å². The van der Waals surface area contributed by atoms with Gasteiger partial charge in [-0.2, -0.15) is 0 Å². The summed E-state index contributed by atoms with van der Waals surface area (Å²) < 4.78 is 26.8. The predicted molar refractivity (Wildman–Crippen MR) is 81.0 cm³/mol. The lowest BCUT2D eigenvalue weighted by Crippen LogP contribution is -1.96. The van der Waals surface area contributed by atoms with Crippen molar-refractivity contribution in [1.82, 2.24) is 0 Å². The van der Waals surface area contributed by atoms with Crippen molar-refractivity contribution in [3.8, 4) is 11.1 Å². The van der Waals surface area contributed by atoms with Crippen LogP contribution in [0.3, 0.4) is 0 Å².